The topological polar surface area (TPSA) is 17.0 Å². The molecule has 1 aliphatic carbocycles. The van der Waals surface area contributed by atoms with Gasteiger partial charge in [-0.25, -0.2) is 0 Å². The molecule has 17 heavy (non-hydrogen) atoms. The van der Waals surface area contributed by atoms with Gasteiger partial charge in [-0.3, -0.25) is 0 Å². The van der Waals surface area contributed by atoms with Crippen LogP contribution in [0.3, 0.4) is 0 Å². The van der Waals surface area contributed by atoms with Crippen LogP contribution in [0.2, 0.25) is 0 Å². The van der Waals surface area contributed by atoms with E-state index in [0.29, 0.717) is 0 Å². The highest BCUT2D eigenvalue weighted by atomic mass is 15.0. The van der Waals surface area contributed by atoms with E-state index < -0.39 is 0 Å². The number of fused-ring (bicyclic) bond motifs is 1. The molecular formula is C15H20N2. The summed E-state index contributed by atoms with van der Waals surface area (Å²) in [4.78, 5) is 0. The van der Waals surface area contributed by atoms with Gasteiger partial charge in [0.05, 0.1) is 0 Å². The molecule has 1 N–H and O–H groups in total. The van der Waals surface area contributed by atoms with Crippen LogP contribution < -0.4 is 5.32 Å². The van der Waals surface area contributed by atoms with Crippen LogP contribution in [0.15, 0.2) is 30.3 Å². The normalized spacial score (nSPS) is 15.6. The monoisotopic (exact) mass is 228 g/mol. The van der Waals surface area contributed by atoms with Gasteiger partial charge >= 0.3 is 0 Å². The predicted molar refractivity (Wildman–Crippen MR) is 72.3 cm³/mol. The van der Waals surface area contributed by atoms with E-state index in [-0.39, 0.29) is 0 Å². The number of aryl methyl sites for hydroxylation is 1. The Labute approximate surface area is 103 Å². The molecule has 1 aromatic carbocycles. The first-order valence-corrected chi connectivity index (χ1v) is 6.69. The number of nitrogens with one attached hydrogen (secondary N) is 1. The molecule has 0 saturated heterocycles. The highest BCUT2D eigenvalue weighted by Gasteiger charge is 2.19. The summed E-state index contributed by atoms with van der Waals surface area (Å²) in [5, 5.41) is 4.96. The van der Waals surface area contributed by atoms with Crippen LogP contribution in [0.5, 0.6) is 0 Å². The second-order valence-corrected chi connectivity index (χ2v) is 4.93. The number of rotatable bonds is 5. The molecule has 2 nitrogen and oxygen atoms in total. The van der Waals surface area contributed by atoms with Crippen molar-refractivity contribution in [2.24, 2.45) is 0 Å². The highest BCUT2D eigenvalue weighted by molar-refractivity contribution is 5.81. The Kier molecular flexibility index (Phi) is 2.89. The summed E-state index contributed by atoms with van der Waals surface area (Å²) in [6, 6.07) is 11.8. The summed E-state index contributed by atoms with van der Waals surface area (Å²) in [6.07, 6.45) is 3.85. The number of hydrogen-bond acceptors (Lipinski definition) is 1. The maximum absolute atomic E-state index is 3.59. The van der Waals surface area contributed by atoms with Gasteiger partial charge in [0, 0.05) is 30.3 Å². The van der Waals surface area contributed by atoms with Crippen molar-refractivity contribution in [3.63, 3.8) is 0 Å². The van der Waals surface area contributed by atoms with Crippen molar-refractivity contribution in [3.05, 3.63) is 36.0 Å². The van der Waals surface area contributed by atoms with E-state index >= 15 is 0 Å². The lowest BCUT2D eigenvalue weighted by atomic mass is 10.2. The number of benzene rings is 1. The summed E-state index contributed by atoms with van der Waals surface area (Å²) < 4.78 is 2.46. The zero-order valence-corrected chi connectivity index (χ0v) is 10.4. The zero-order valence-electron chi connectivity index (χ0n) is 10.4. The Morgan fingerprint density at radius 1 is 1.29 bits per heavy atom. The largest absolute Gasteiger partial charge is 0.343 e. The van der Waals surface area contributed by atoms with E-state index in [1.165, 1.54) is 29.4 Å². The van der Waals surface area contributed by atoms with Crippen molar-refractivity contribution in [1.82, 2.24) is 9.88 Å². The van der Waals surface area contributed by atoms with E-state index in [1.807, 2.05) is 0 Å². The Bertz CT molecular complexity index is 509. The number of para-hydroxylation sites is 1. The molecule has 90 valence electrons. The molecule has 0 aliphatic heterocycles. The first-order valence-electron chi connectivity index (χ1n) is 6.69. The van der Waals surface area contributed by atoms with E-state index in [2.05, 4.69) is 47.1 Å². The van der Waals surface area contributed by atoms with Crippen LogP contribution in [0.4, 0.5) is 0 Å². The Hall–Kier alpha value is -1.28. The van der Waals surface area contributed by atoms with Crippen LogP contribution >= 0.6 is 0 Å². The molecule has 1 aromatic heterocycles. The summed E-state index contributed by atoms with van der Waals surface area (Å²) >= 11 is 0. The molecule has 0 bridgehead atoms. The molecule has 0 atom stereocenters. The van der Waals surface area contributed by atoms with Crippen LogP contribution in [0.1, 0.15) is 25.5 Å². The average molecular weight is 228 g/mol. The third kappa shape index (κ3) is 2.22. The quantitative estimate of drug-likeness (QED) is 0.832. The lowest BCUT2D eigenvalue weighted by molar-refractivity contribution is 0.594. The van der Waals surface area contributed by atoms with Gasteiger partial charge in [0.1, 0.15) is 0 Å². The van der Waals surface area contributed by atoms with Gasteiger partial charge in [0.2, 0.25) is 0 Å². The van der Waals surface area contributed by atoms with Crippen molar-refractivity contribution in [2.75, 3.05) is 6.54 Å². The molecular weight excluding hydrogens is 208 g/mol. The minimum atomic E-state index is 0.807. The van der Waals surface area contributed by atoms with E-state index in [1.54, 1.807) is 0 Å². The van der Waals surface area contributed by atoms with Gasteiger partial charge in [-0.2, -0.15) is 0 Å². The number of nitrogens with zero attached hydrogens (tertiary/aromatic N) is 1. The smallest absolute Gasteiger partial charge is 0.0482 e. The van der Waals surface area contributed by atoms with Crippen molar-refractivity contribution in [3.8, 4) is 0 Å². The van der Waals surface area contributed by atoms with Gasteiger partial charge in [0.15, 0.2) is 0 Å². The average Bonchev–Trinajstić information content (AvgIpc) is 3.11. The van der Waals surface area contributed by atoms with E-state index in [4.69, 9.17) is 0 Å². The fourth-order valence-corrected chi connectivity index (χ4v) is 2.49. The first-order chi connectivity index (χ1) is 8.38. The van der Waals surface area contributed by atoms with Crippen molar-refractivity contribution in [2.45, 2.75) is 38.8 Å². The number of hydrogen-bond donors (Lipinski definition) is 1. The van der Waals surface area contributed by atoms with E-state index in [9.17, 15) is 0 Å². The Morgan fingerprint density at radius 2 is 2.12 bits per heavy atom. The lowest BCUT2D eigenvalue weighted by Crippen LogP contribution is -2.22. The molecule has 0 unspecified atom stereocenters. The van der Waals surface area contributed by atoms with Gasteiger partial charge in [-0.05, 0) is 36.8 Å². The van der Waals surface area contributed by atoms with Gasteiger partial charge < -0.3 is 9.88 Å². The van der Waals surface area contributed by atoms with Crippen LogP contribution in [0, 0.1) is 0 Å². The second-order valence-electron chi connectivity index (χ2n) is 4.93. The summed E-state index contributed by atoms with van der Waals surface area (Å²) in [7, 11) is 0. The molecule has 2 heteroatoms. The van der Waals surface area contributed by atoms with Gasteiger partial charge in [0.25, 0.3) is 0 Å². The van der Waals surface area contributed by atoms with Crippen molar-refractivity contribution >= 4 is 10.9 Å². The fraction of sp³-hybridized carbons (Fsp3) is 0.467. The maximum atomic E-state index is 3.59. The second kappa shape index (κ2) is 4.53. The molecule has 1 fully saturated rings. The van der Waals surface area contributed by atoms with Crippen LogP contribution in [-0.4, -0.2) is 17.2 Å². The summed E-state index contributed by atoms with van der Waals surface area (Å²) in [6.45, 7) is 4.42. The standard InChI is InChI=1S/C15H20N2/c1-2-14-11-12-5-3-4-6-15(12)17(14)10-9-16-13-7-8-13/h3-6,11,13,16H,2,7-10H2,1H3. The Balaban J connectivity index is 1.83. The van der Waals surface area contributed by atoms with Gasteiger partial charge in [-0.15, -0.1) is 0 Å². The molecule has 1 heterocycles. The zero-order chi connectivity index (χ0) is 11.7. The van der Waals surface area contributed by atoms with Gasteiger partial charge in [-0.1, -0.05) is 25.1 Å². The van der Waals surface area contributed by atoms with Crippen LogP contribution in [0.25, 0.3) is 10.9 Å². The maximum Gasteiger partial charge on any atom is 0.0482 e. The lowest BCUT2D eigenvalue weighted by Gasteiger charge is -2.10. The molecule has 1 aliphatic rings. The highest BCUT2D eigenvalue weighted by Crippen LogP contribution is 2.21. The minimum absolute atomic E-state index is 0.807. The first kappa shape index (κ1) is 10.8. The fourth-order valence-electron chi connectivity index (χ4n) is 2.49. The molecule has 2 aromatic rings. The van der Waals surface area contributed by atoms with Crippen molar-refractivity contribution in [1.29, 1.82) is 0 Å². The summed E-state index contributed by atoms with van der Waals surface area (Å²) in [5.74, 6) is 0. The third-order valence-corrected chi connectivity index (χ3v) is 3.60. The molecule has 3 rings (SSSR count). The number of aromatic nitrogens is 1. The predicted octanol–water partition coefficient (Wildman–Crippen LogP) is 2.96. The molecule has 1 saturated carbocycles. The Morgan fingerprint density at radius 3 is 2.88 bits per heavy atom. The molecule has 0 amide bonds. The van der Waals surface area contributed by atoms with Crippen molar-refractivity contribution < 1.29 is 0 Å². The molecule has 0 spiro atoms. The third-order valence-electron chi connectivity index (χ3n) is 3.60. The minimum Gasteiger partial charge on any atom is -0.343 e. The van der Waals surface area contributed by atoms with E-state index in [0.717, 1.165) is 25.6 Å². The SMILES string of the molecule is CCc1cc2ccccc2n1CCNC1CC1. The summed E-state index contributed by atoms with van der Waals surface area (Å²) in [5.41, 5.74) is 2.82. The molecule has 0 radical (unpaired) electrons. The van der Waals surface area contributed by atoms with Crippen LogP contribution in [-0.2, 0) is 13.0 Å².